The molecule has 0 aliphatic carbocycles. The van der Waals surface area contributed by atoms with Gasteiger partial charge in [-0.2, -0.15) is 13.2 Å². The monoisotopic (exact) mass is 500 g/mol. The van der Waals surface area contributed by atoms with E-state index >= 15 is 0 Å². The van der Waals surface area contributed by atoms with E-state index in [0.29, 0.717) is 17.4 Å². The van der Waals surface area contributed by atoms with Gasteiger partial charge in [0.2, 0.25) is 5.95 Å². The molecule has 0 spiro atoms. The van der Waals surface area contributed by atoms with Crippen LogP contribution in [0.4, 0.5) is 19.1 Å². The minimum atomic E-state index is -4.37. The van der Waals surface area contributed by atoms with Gasteiger partial charge in [-0.15, -0.1) is 0 Å². The number of carboxylic acids is 1. The molecule has 0 saturated carbocycles. The highest BCUT2D eigenvalue weighted by molar-refractivity contribution is 5.93. The summed E-state index contributed by atoms with van der Waals surface area (Å²) in [5.74, 6) is -0.791. The van der Waals surface area contributed by atoms with Crippen LogP contribution in [0, 0.1) is 5.92 Å². The van der Waals surface area contributed by atoms with Gasteiger partial charge in [0, 0.05) is 18.9 Å². The highest BCUT2D eigenvalue weighted by atomic mass is 19.4. The van der Waals surface area contributed by atoms with Gasteiger partial charge in [-0.05, 0) is 41.2 Å². The van der Waals surface area contributed by atoms with E-state index in [0.717, 1.165) is 29.7 Å². The number of carboxylic acid groups (broad SMARTS) is 1. The second kappa shape index (κ2) is 11.7. The molecule has 36 heavy (non-hydrogen) atoms. The van der Waals surface area contributed by atoms with Crippen molar-refractivity contribution in [3.63, 3.8) is 0 Å². The molecule has 190 valence electrons. The van der Waals surface area contributed by atoms with Crippen LogP contribution in [0.5, 0.6) is 0 Å². The molecular formula is C26H27F3N4O3. The molecule has 0 radical (unpaired) electrons. The fourth-order valence-electron chi connectivity index (χ4n) is 3.57. The smallest absolute Gasteiger partial charge is 0.416 e. The van der Waals surface area contributed by atoms with E-state index < -0.39 is 23.6 Å². The molecule has 1 atom stereocenters. The predicted molar refractivity (Wildman–Crippen MR) is 129 cm³/mol. The number of hydrogen-bond donors (Lipinski definition) is 3. The van der Waals surface area contributed by atoms with Crippen molar-refractivity contribution >= 4 is 17.8 Å². The maximum Gasteiger partial charge on any atom is 0.416 e. The topological polar surface area (TPSA) is 104 Å². The number of aliphatic carboxylic acids is 1. The van der Waals surface area contributed by atoms with Crippen LogP contribution in [0.15, 0.2) is 60.9 Å². The van der Waals surface area contributed by atoms with Crippen LogP contribution in [-0.4, -0.2) is 33.5 Å². The van der Waals surface area contributed by atoms with Crippen LogP contribution >= 0.6 is 0 Å². The number of alkyl halides is 3. The van der Waals surface area contributed by atoms with Gasteiger partial charge >= 0.3 is 12.1 Å². The lowest BCUT2D eigenvalue weighted by Gasteiger charge is -2.21. The Balaban J connectivity index is 1.70. The number of anilines is 1. The zero-order valence-electron chi connectivity index (χ0n) is 19.8. The molecule has 0 aliphatic rings. The Morgan fingerprint density at radius 2 is 1.50 bits per heavy atom. The molecule has 1 heterocycles. The molecule has 0 unspecified atom stereocenters. The first kappa shape index (κ1) is 26.7. The van der Waals surface area contributed by atoms with Crippen LogP contribution in [-0.2, 0) is 11.0 Å². The van der Waals surface area contributed by atoms with Crippen LogP contribution in [0.2, 0.25) is 0 Å². The summed E-state index contributed by atoms with van der Waals surface area (Å²) in [6.45, 7) is 4.17. The Morgan fingerprint density at radius 3 is 2.00 bits per heavy atom. The van der Waals surface area contributed by atoms with Crippen molar-refractivity contribution in [1.29, 1.82) is 0 Å². The molecule has 2 aromatic carbocycles. The van der Waals surface area contributed by atoms with E-state index in [-0.39, 0.29) is 24.6 Å². The van der Waals surface area contributed by atoms with E-state index in [4.69, 9.17) is 5.11 Å². The van der Waals surface area contributed by atoms with Gasteiger partial charge in [-0.1, -0.05) is 50.2 Å². The molecule has 10 heteroatoms. The van der Waals surface area contributed by atoms with Gasteiger partial charge in [-0.3, -0.25) is 9.59 Å². The Morgan fingerprint density at radius 1 is 0.944 bits per heavy atom. The molecule has 0 aliphatic heterocycles. The number of hydrogen-bond acceptors (Lipinski definition) is 5. The van der Waals surface area contributed by atoms with Gasteiger partial charge < -0.3 is 15.7 Å². The zero-order chi connectivity index (χ0) is 26.3. The first-order chi connectivity index (χ1) is 17.0. The lowest BCUT2D eigenvalue weighted by atomic mass is 9.95. The molecular weight excluding hydrogens is 473 g/mol. The fourth-order valence-corrected chi connectivity index (χ4v) is 3.57. The minimum Gasteiger partial charge on any atom is -0.481 e. The third kappa shape index (κ3) is 7.53. The highest BCUT2D eigenvalue weighted by Gasteiger charge is 2.30. The molecule has 3 N–H and O–H groups in total. The summed E-state index contributed by atoms with van der Waals surface area (Å²) in [5, 5.41) is 14.4. The van der Waals surface area contributed by atoms with Crippen LogP contribution in [0.1, 0.15) is 54.2 Å². The normalized spacial score (nSPS) is 12.3. The number of amides is 1. The number of benzene rings is 2. The summed E-state index contributed by atoms with van der Waals surface area (Å²) in [7, 11) is 0. The van der Waals surface area contributed by atoms with E-state index in [2.05, 4.69) is 34.4 Å². The molecule has 0 saturated heterocycles. The first-order valence-corrected chi connectivity index (χ1v) is 11.4. The minimum absolute atomic E-state index is 0.00704. The standard InChI is InChI=1S/C26H27F3N4O3/c1-16(2)13-22(33-25-31-14-20(15-32-25)24(36)30-12-11-23(34)35)19-5-3-17(4-6-19)18-7-9-21(10-8-18)26(27,28)29/h3-10,14-16,22H,11-13H2,1-2H3,(H,30,36)(H,34,35)(H,31,32,33)/t22-/m0/s1. The van der Waals surface area contributed by atoms with Crippen molar-refractivity contribution in [2.45, 2.75) is 38.9 Å². The fraction of sp³-hybridized carbons (Fsp3) is 0.308. The summed E-state index contributed by atoms with van der Waals surface area (Å²) in [6, 6.07) is 12.5. The molecule has 1 amide bonds. The maximum atomic E-state index is 12.8. The first-order valence-electron chi connectivity index (χ1n) is 11.4. The molecule has 3 rings (SSSR count). The lowest BCUT2D eigenvalue weighted by Crippen LogP contribution is -2.26. The van der Waals surface area contributed by atoms with Crippen molar-refractivity contribution < 1.29 is 27.9 Å². The Bertz CT molecular complexity index is 1160. The van der Waals surface area contributed by atoms with Crippen molar-refractivity contribution in [2.75, 3.05) is 11.9 Å². The summed E-state index contributed by atoms with van der Waals surface area (Å²) >= 11 is 0. The van der Waals surface area contributed by atoms with E-state index in [1.807, 2.05) is 24.3 Å². The number of rotatable bonds is 10. The predicted octanol–water partition coefficient (Wildman–Crippen LogP) is 5.57. The van der Waals surface area contributed by atoms with Crippen molar-refractivity contribution in [3.8, 4) is 11.1 Å². The second-order valence-electron chi connectivity index (χ2n) is 8.72. The van der Waals surface area contributed by atoms with Crippen molar-refractivity contribution in [3.05, 3.63) is 77.6 Å². The molecule has 3 aromatic rings. The maximum absolute atomic E-state index is 12.8. The van der Waals surface area contributed by atoms with Crippen LogP contribution in [0.25, 0.3) is 11.1 Å². The summed E-state index contributed by atoms with van der Waals surface area (Å²) < 4.78 is 38.5. The number of aromatic nitrogens is 2. The van der Waals surface area contributed by atoms with Gasteiger partial charge in [0.1, 0.15) is 0 Å². The number of halogens is 3. The Hall–Kier alpha value is -3.95. The molecule has 0 fully saturated rings. The van der Waals surface area contributed by atoms with E-state index in [1.165, 1.54) is 24.5 Å². The Kier molecular flexibility index (Phi) is 8.63. The van der Waals surface area contributed by atoms with Crippen LogP contribution in [0.3, 0.4) is 0 Å². The van der Waals surface area contributed by atoms with Gasteiger partial charge in [0.05, 0.1) is 23.6 Å². The highest BCUT2D eigenvalue weighted by Crippen LogP contribution is 2.32. The second-order valence-corrected chi connectivity index (χ2v) is 8.72. The quantitative estimate of drug-likeness (QED) is 0.336. The molecule has 1 aromatic heterocycles. The van der Waals surface area contributed by atoms with Gasteiger partial charge in [0.25, 0.3) is 5.91 Å². The number of carbonyl (C=O) groups is 2. The third-order valence-electron chi connectivity index (χ3n) is 5.41. The summed E-state index contributed by atoms with van der Waals surface area (Å²) in [6.07, 6.45) is -1.05. The van der Waals surface area contributed by atoms with Crippen molar-refractivity contribution in [2.24, 2.45) is 5.92 Å². The zero-order valence-corrected chi connectivity index (χ0v) is 19.8. The largest absolute Gasteiger partial charge is 0.481 e. The molecule has 7 nitrogen and oxygen atoms in total. The average Bonchev–Trinajstić information content (AvgIpc) is 2.83. The number of nitrogens with one attached hydrogen (secondary N) is 2. The number of nitrogens with zero attached hydrogens (tertiary/aromatic N) is 2. The summed E-state index contributed by atoms with van der Waals surface area (Å²) in [5.41, 5.74) is 1.97. The van der Waals surface area contributed by atoms with E-state index in [9.17, 15) is 22.8 Å². The summed E-state index contributed by atoms with van der Waals surface area (Å²) in [4.78, 5) is 31.1. The number of carbonyl (C=O) groups excluding carboxylic acids is 1. The van der Waals surface area contributed by atoms with Crippen LogP contribution < -0.4 is 10.6 Å². The van der Waals surface area contributed by atoms with Gasteiger partial charge in [0.15, 0.2) is 0 Å². The van der Waals surface area contributed by atoms with Crippen molar-refractivity contribution in [1.82, 2.24) is 15.3 Å². The Labute approximate surface area is 206 Å². The van der Waals surface area contributed by atoms with E-state index in [1.54, 1.807) is 0 Å². The SMILES string of the molecule is CC(C)C[C@H](Nc1ncc(C(=O)NCCC(=O)O)cn1)c1ccc(-c2ccc(C(F)(F)F)cc2)cc1. The lowest BCUT2D eigenvalue weighted by molar-refractivity contribution is -0.138. The average molecular weight is 501 g/mol. The molecule has 0 bridgehead atoms. The van der Waals surface area contributed by atoms with Gasteiger partial charge in [-0.25, -0.2) is 9.97 Å². The third-order valence-corrected chi connectivity index (χ3v) is 5.41.